The van der Waals surface area contributed by atoms with E-state index in [0.717, 1.165) is 33.2 Å². The van der Waals surface area contributed by atoms with Crippen molar-refractivity contribution in [1.82, 2.24) is 15.0 Å². The van der Waals surface area contributed by atoms with E-state index in [4.69, 9.17) is 0 Å². The SMILES string of the molecule is C=CCSc1nc2cccc(-c3ccccn3)c2[nH]1. The van der Waals surface area contributed by atoms with Crippen LogP contribution in [0.3, 0.4) is 0 Å². The molecule has 0 fully saturated rings. The van der Waals surface area contributed by atoms with E-state index in [2.05, 4.69) is 27.6 Å². The van der Waals surface area contributed by atoms with Gasteiger partial charge in [0.05, 0.1) is 16.7 Å². The van der Waals surface area contributed by atoms with Gasteiger partial charge in [0.1, 0.15) is 0 Å². The van der Waals surface area contributed by atoms with Gasteiger partial charge in [-0.15, -0.1) is 6.58 Å². The maximum absolute atomic E-state index is 4.57. The van der Waals surface area contributed by atoms with Gasteiger partial charge in [0.15, 0.2) is 5.16 Å². The highest BCUT2D eigenvalue weighted by Gasteiger charge is 2.09. The van der Waals surface area contributed by atoms with Gasteiger partial charge in [0.2, 0.25) is 0 Å². The van der Waals surface area contributed by atoms with E-state index in [1.165, 1.54) is 0 Å². The van der Waals surface area contributed by atoms with Crippen molar-refractivity contribution in [2.75, 3.05) is 5.75 Å². The first kappa shape index (κ1) is 12.0. The van der Waals surface area contributed by atoms with Gasteiger partial charge in [-0.3, -0.25) is 4.98 Å². The van der Waals surface area contributed by atoms with E-state index in [-0.39, 0.29) is 0 Å². The molecule has 0 aliphatic heterocycles. The first-order chi connectivity index (χ1) is 9.38. The molecule has 0 aliphatic carbocycles. The number of H-pyrrole nitrogens is 1. The van der Waals surface area contributed by atoms with Crippen molar-refractivity contribution in [3.63, 3.8) is 0 Å². The molecule has 3 rings (SSSR count). The van der Waals surface area contributed by atoms with Gasteiger partial charge in [-0.05, 0) is 18.2 Å². The van der Waals surface area contributed by atoms with Crippen LogP contribution in [-0.4, -0.2) is 20.7 Å². The molecule has 0 unspecified atom stereocenters. The van der Waals surface area contributed by atoms with Crippen molar-refractivity contribution >= 4 is 22.8 Å². The molecule has 19 heavy (non-hydrogen) atoms. The van der Waals surface area contributed by atoms with E-state index in [1.807, 2.05) is 36.4 Å². The topological polar surface area (TPSA) is 41.6 Å². The fourth-order valence-electron chi connectivity index (χ4n) is 1.95. The molecule has 1 aromatic carbocycles. The number of nitrogens with one attached hydrogen (secondary N) is 1. The highest BCUT2D eigenvalue weighted by atomic mass is 32.2. The Labute approximate surface area is 115 Å². The van der Waals surface area contributed by atoms with Crippen LogP contribution in [0.4, 0.5) is 0 Å². The highest BCUT2D eigenvalue weighted by molar-refractivity contribution is 7.99. The number of nitrogens with zero attached hydrogens (tertiary/aromatic N) is 2. The van der Waals surface area contributed by atoms with Crippen LogP contribution in [0.5, 0.6) is 0 Å². The number of aromatic nitrogens is 3. The lowest BCUT2D eigenvalue weighted by Crippen LogP contribution is -1.83. The molecular formula is C15H13N3S. The van der Waals surface area contributed by atoms with Crippen LogP contribution in [0, 0.1) is 0 Å². The first-order valence-corrected chi connectivity index (χ1v) is 7.01. The zero-order chi connectivity index (χ0) is 13.1. The number of hydrogen-bond acceptors (Lipinski definition) is 3. The van der Waals surface area contributed by atoms with Crippen molar-refractivity contribution in [1.29, 1.82) is 0 Å². The Morgan fingerprint density at radius 3 is 2.95 bits per heavy atom. The summed E-state index contributed by atoms with van der Waals surface area (Å²) >= 11 is 1.64. The van der Waals surface area contributed by atoms with Crippen LogP contribution in [0.2, 0.25) is 0 Å². The predicted octanol–water partition coefficient (Wildman–Crippen LogP) is 3.90. The number of fused-ring (bicyclic) bond motifs is 1. The van der Waals surface area contributed by atoms with Crippen molar-refractivity contribution in [2.24, 2.45) is 0 Å². The van der Waals surface area contributed by atoms with Gasteiger partial charge in [0.25, 0.3) is 0 Å². The van der Waals surface area contributed by atoms with E-state index in [0.29, 0.717) is 0 Å². The van der Waals surface area contributed by atoms with Crippen LogP contribution in [0.25, 0.3) is 22.3 Å². The minimum absolute atomic E-state index is 0.846. The molecule has 3 nitrogen and oxygen atoms in total. The van der Waals surface area contributed by atoms with E-state index < -0.39 is 0 Å². The number of rotatable bonds is 4. The Morgan fingerprint density at radius 2 is 2.16 bits per heavy atom. The number of pyridine rings is 1. The third-order valence-corrected chi connectivity index (χ3v) is 3.64. The van der Waals surface area contributed by atoms with Crippen molar-refractivity contribution in [3.05, 3.63) is 55.3 Å². The number of para-hydroxylation sites is 1. The molecule has 0 saturated carbocycles. The Bertz CT molecular complexity index is 704. The third-order valence-electron chi connectivity index (χ3n) is 2.78. The van der Waals surface area contributed by atoms with E-state index in [9.17, 15) is 0 Å². The van der Waals surface area contributed by atoms with Gasteiger partial charge in [-0.1, -0.05) is 36.0 Å². The lowest BCUT2D eigenvalue weighted by atomic mass is 10.1. The molecular weight excluding hydrogens is 254 g/mol. The summed E-state index contributed by atoms with van der Waals surface area (Å²) in [5.74, 6) is 0.846. The molecule has 94 valence electrons. The number of hydrogen-bond donors (Lipinski definition) is 1. The van der Waals surface area contributed by atoms with Gasteiger partial charge in [0, 0.05) is 17.5 Å². The second kappa shape index (κ2) is 5.28. The largest absolute Gasteiger partial charge is 0.332 e. The summed E-state index contributed by atoms with van der Waals surface area (Å²) in [4.78, 5) is 12.3. The Kier molecular flexibility index (Phi) is 3.33. The molecule has 0 aliphatic rings. The smallest absolute Gasteiger partial charge is 0.166 e. The van der Waals surface area contributed by atoms with Crippen LogP contribution in [0.15, 0.2) is 60.4 Å². The average molecular weight is 267 g/mol. The molecule has 0 atom stereocenters. The minimum atomic E-state index is 0.846. The number of aromatic amines is 1. The van der Waals surface area contributed by atoms with Crippen LogP contribution in [0.1, 0.15) is 0 Å². The third kappa shape index (κ3) is 2.39. The summed E-state index contributed by atoms with van der Waals surface area (Å²) in [6.07, 6.45) is 3.68. The van der Waals surface area contributed by atoms with Crippen LogP contribution >= 0.6 is 11.8 Å². The number of imidazole rings is 1. The maximum atomic E-state index is 4.57. The Morgan fingerprint density at radius 1 is 1.21 bits per heavy atom. The summed E-state index contributed by atoms with van der Waals surface area (Å²) in [5, 5.41) is 0.915. The molecule has 0 amide bonds. The second-order valence-electron chi connectivity index (χ2n) is 4.06. The van der Waals surface area contributed by atoms with Crippen molar-refractivity contribution in [3.8, 4) is 11.3 Å². The molecule has 0 bridgehead atoms. The lowest BCUT2D eigenvalue weighted by Gasteiger charge is -2.00. The number of thioether (sulfide) groups is 1. The average Bonchev–Trinajstić information content (AvgIpc) is 2.88. The normalized spacial score (nSPS) is 10.7. The summed E-state index contributed by atoms with van der Waals surface area (Å²) in [6.45, 7) is 3.72. The van der Waals surface area contributed by atoms with Gasteiger partial charge in [-0.2, -0.15) is 0 Å². The standard InChI is InChI=1S/C15H13N3S/c1-2-10-19-15-17-13-8-5-6-11(14(13)18-15)12-7-3-4-9-16-12/h2-9H,1,10H2,(H,17,18). The van der Waals surface area contributed by atoms with Crippen LogP contribution in [-0.2, 0) is 0 Å². The second-order valence-corrected chi connectivity index (χ2v) is 5.07. The zero-order valence-electron chi connectivity index (χ0n) is 10.3. The van der Waals surface area contributed by atoms with Crippen molar-refractivity contribution < 1.29 is 0 Å². The summed E-state index contributed by atoms with van der Waals surface area (Å²) in [5.41, 5.74) is 4.04. The molecule has 0 radical (unpaired) electrons. The monoisotopic (exact) mass is 267 g/mol. The molecule has 0 saturated heterocycles. The summed E-state index contributed by atoms with van der Waals surface area (Å²) in [6, 6.07) is 12.0. The first-order valence-electron chi connectivity index (χ1n) is 6.02. The molecule has 1 N–H and O–H groups in total. The zero-order valence-corrected chi connectivity index (χ0v) is 11.2. The quantitative estimate of drug-likeness (QED) is 0.575. The van der Waals surface area contributed by atoms with E-state index in [1.54, 1.807) is 18.0 Å². The molecule has 4 heteroatoms. The summed E-state index contributed by atoms with van der Waals surface area (Å²) < 4.78 is 0. The van der Waals surface area contributed by atoms with E-state index >= 15 is 0 Å². The fourth-order valence-corrected chi connectivity index (χ4v) is 2.56. The molecule has 2 heterocycles. The number of benzene rings is 1. The molecule has 2 aromatic heterocycles. The van der Waals surface area contributed by atoms with Gasteiger partial charge >= 0.3 is 0 Å². The summed E-state index contributed by atoms with van der Waals surface area (Å²) in [7, 11) is 0. The van der Waals surface area contributed by atoms with Gasteiger partial charge < -0.3 is 4.98 Å². The molecule has 3 aromatic rings. The van der Waals surface area contributed by atoms with Gasteiger partial charge in [-0.25, -0.2) is 4.98 Å². The van der Waals surface area contributed by atoms with Crippen molar-refractivity contribution in [2.45, 2.75) is 5.16 Å². The predicted molar refractivity (Wildman–Crippen MR) is 80.2 cm³/mol. The maximum Gasteiger partial charge on any atom is 0.166 e. The Hall–Kier alpha value is -2.07. The lowest BCUT2D eigenvalue weighted by molar-refractivity contribution is 1.08. The van der Waals surface area contributed by atoms with Crippen LogP contribution < -0.4 is 0 Å². The fraction of sp³-hybridized carbons (Fsp3) is 0.0667. The molecule has 0 spiro atoms. The Balaban J connectivity index is 2.10. The highest BCUT2D eigenvalue weighted by Crippen LogP contribution is 2.27. The minimum Gasteiger partial charge on any atom is -0.332 e.